The van der Waals surface area contributed by atoms with Crippen LogP contribution in [0.5, 0.6) is 0 Å². The van der Waals surface area contributed by atoms with Crippen molar-refractivity contribution >= 4 is 18.0 Å². The highest BCUT2D eigenvalue weighted by molar-refractivity contribution is 5.95. The molecular weight excluding hydrogens is 316 g/mol. The molecule has 128 valence electrons. The molecule has 0 radical (unpaired) electrons. The van der Waals surface area contributed by atoms with Gasteiger partial charge in [-0.1, -0.05) is 0 Å². The van der Waals surface area contributed by atoms with Crippen LogP contribution < -0.4 is 10.6 Å². The van der Waals surface area contributed by atoms with Crippen LogP contribution in [0.2, 0.25) is 0 Å². The molecule has 2 heterocycles. The Morgan fingerprint density at radius 3 is 2.58 bits per heavy atom. The molecule has 1 aromatic heterocycles. The third-order valence-electron chi connectivity index (χ3n) is 3.20. The summed E-state index contributed by atoms with van der Waals surface area (Å²) in [4.78, 5) is 43.5. The first-order valence-electron chi connectivity index (χ1n) is 7.35. The second-order valence-corrected chi connectivity index (χ2v) is 5.05. The number of hydrogen-bond donors (Lipinski definition) is 2. The Kier molecular flexibility index (Phi) is 5.46. The topological polar surface area (TPSA) is 120 Å². The SMILES string of the molecule is CCOC(=O)C1=C(COC(=O)c2cnc(C)cn2)NC(=O)N[C@@H]1C. The standard InChI is InChI=1S/C15H18N4O5/c1-4-23-14(21)12-9(3)18-15(22)19-11(12)7-24-13(20)10-6-16-8(2)5-17-10/h5-6,9H,4,7H2,1-3H3,(H2,18,19,22)/t9-/m1/s1. The first-order chi connectivity index (χ1) is 11.4. The van der Waals surface area contributed by atoms with E-state index in [1.807, 2.05) is 0 Å². The Balaban J connectivity index is 2.15. The van der Waals surface area contributed by atoms with Crippen molar-refractivity contribution in [3.63, 3.8) is 0 Å². The van der Waals surface area contributed by atoms with Crippen LogP contribution in [0.3, 0.4) is 0 Å². The van der Waals surface area contributed by atoms with Gasteiger partial charge < -0.3 is 20.1 Å². The molecule has 2 rings (SSSR count). The van der Waals surface area contributed by atoms with E-state index in [-0.39, 0.29) is 30.2 Å². The van der Waals surface area contributed by atoms with E-state index in [0.29, 0.717) is 5.69 Å². The van der Waals surface area contributed by atoms with Crippen LogP contribution in [0.15, 0.2) is 23.7 Å². The Hall–Kier alpha value is -2.97. The predicted molar refractivity (Wildman–Crippen MR) is 81.8 cm³/mol. The first kappa shape index (κ1) is 17.4. The Bertz CT molecular complexity index is 684. The lowest BCUT2D eigenvalue weighted by Gasteiger charge is -2.26. The minimum atomic E-state index is -0.710. The van der Waals surface area contributed by atoms with Crippen molar-refractivity contribution in [2.75, 3.05) is 13.2 Å². The van der Waals surface area contributed by atoms with Crippen LogP contribution in [0.1, 0.15) is 30.0 Å². The van der Waals surface area contributed by atoms with Gasteiger partial charge in [-0.3, -0.25) is 4.98 Å². The smallest absolute Gasteiger partial charge is 0.358 e. The van der Waals surface area contributed by atoms with E-state index in [0.717, 1.165) is 0 Å². The number of amides is 2. The average Bonchev–Trinajstić information content (AvgIpc) is 2.52. The van der Waals surface area contributed by atoms with Crippen LogP contribution in [-0.2, 0) is 14.3 Å². The van der Waals surface area contributed by atoms with Gasteiger partial charge in [0.1, 0.15) is 6.61 Å². The van der Waals surface area contributed by atoms with Crippen molar-refractivity contribution < 1.29 is 23.9 Å². The number of rotatable bonds is 5. The molecule has 0 saturated carbocycles. The van der Waals surface area contributed by atoms with Crippen molar-refractivity contribution in [3.05, 3.63) is 35.1 Å². The molecule has 0 saturated heterocycles. The molecule has 9 heteroatoms. The molecule has 1 aliphatic heterocycles. The van der Waals surface area contributed by atoms with Crippen molar-refractivity contribution in [2.45, 2.75) is 26.8 Å². The van der Waals surface area contributed by atoms with Gasteiger partial charge in [0.15, 0.2) is 5.69 Å². The van der Waals surface area contributed by atoms with Crippen LogP contribution >= 0.6 is 0 Å². The minimum Gasteiger partial charge on any atom is -0.463 e. The summed E-state index contributed by atoms with van der Waals surface area (Å²) < 4.78 is 10.1. The summed E-state index contributed by atoms with van der Waals surface area (Å²) in [7, 11) is 0. The zero-order valence-electron chi connectivity index (χ0n) is 13.6. The maximum Gasteiger partial charge on any atom is 0.358 e. The fraction of sp³-hybridized carbons (Fsp3) is 0.400. The molecule has 0 fully saturated rings. The highest BCUT2D eigenvalue weighted by Gasteiger charge is 2.30. The summed E-state index contributed by atoms with van der Waals surface area (Å²) in [6.45, 7) is 4.95. The molecule has 0 bridgehead atoms. The number of urea groups is 1. The molecule has 24 heavy (non-hydrogen) atoms. The van der Waals surface area contributed by atoms with Crippen molar-refractivity contribution in [1.29, 1.82) is 0 Å². The van der Waals surface area contributed by atoms with Crippen molar-refractivity contribution in [1.82, 2.24) is 20.6 Å². The van der Waals surface area contributed by atoms with Crippen molar-refractivity contribution in [3.8, 4) is 0 Å². The molecule has 0 aliphatic carbocycles. The predicted octanol–water partition coefficient (Wildman–Crippen LogP) is 0.460. The monoisotopic (exact) mass is 334 g/mol. The molecule has 1 aromatic rings. The fourth-order valence-electron chi connectivity index (χ4n) is 2.10. The van der Waals surface area contributed by atoms with Gasteiger partial charge in [-0.25, -0.2) is 19.4 Å². The molecule has 0 aromatic carbocycles. The Morgan fingerprint density at radius 1 is 1.21 bits per heavy atom. The summed E-state index contributed by atoms with van der Waals surface area (Å²) in [6, 6.07) is -1.05. The second kappa shape index (κ2) is 7.53. The van der Waals surface area contributed by atoms with E-state index in [9.17, 15) is 14.4 Å². The largest absolute Gasteiger partial charge is 0.463 e. The van der Waals surface area contributed by atoms with E-state index in [1.54, 1.807) is 20.8 Å². The average molecular weight is 334 g/mol. The van der Waals surface area contributed by atoms with Crippen LogP contribution in [0.4, 0.5) is 4.79 Å². The molecule has 1 aliphatic rings. The number of carbonyl (C=O) groups excluding carboxylic acids is 3. The Labute approximate surface area is 138 Å². The van der Waals surface area contributed by atoms with Gasteiger partial charge in [-0.15, -0.1) is 0 Å². The van der Waals surface area contributed by atoms with Gasteiger partial charge in [0, 0.05) is 6.20 Å². The quantitative estimate of drug-likeness (QED) is 0.751. The number of carbonyl (C=O) groups is 3. The first-order valence-corrected chi connectivity index (χ1v) is 7.35. The van der Waals surface area contributed by atoms with E-state index in [4.69, 9.17) is 9.47 Å². The number of aryl methyl sites for hydroxylation is 1. The van der Waals surface area contributed by atoms with Gasteiger partial charge >= 0.3 is 18.0 Å². The minimum absolute atomic E-state index is 0.0344. The van der Waals surface area contributed by atoms with E-state index in [2.05, 4.69) is 20.6 Å². The number of hydrogen-bond acceptors (Lipinski definition) is 7. The summed E-state index contributed by atoms with van der Waals surface area (Å²) in [5.74, 6) is -1.29. The zero-order valence-corrected chi connectivity index (χ0v) is 13.6. The normalized spacial score (nSPS) is 17.0. The van der Waals surface area contributed by atoms with Gasteiger partial charge in [0.25, 0.3) is 0 Å². The van der Waals surface area contributed by atoms with Gasteiger partial charge in [-0.2, -0.15) is 0 Å². The lowest BCUT2D eigenvalue weighted by molar-refractivity contribution is -0.139. The third kappa shape index (κ3) is 4.06. The molecule has 2 N–H and O–H groups in total. The fourth-order valence-corrected chi connectivity index (χ4v) is 2.10. The van der Waals surface area contributed by atoms with Gasteiger partial charge in [-0.05, 0) is 20.8 Å². The van der Waals surface area contributed by atoms with Crippen molar-refractivity contribution in [2.24, 2.45) is 0 Å². The number of nitrogens with one attached hydrogen (secondary N) is 2. The van der Waals surface area contributed by atoms with E-state index < -0.39 is 24.0 Å². The highest BCUT2D eigenvalue weighted by atomic mass is 16.5. The number of nitrogens with zero attached hydrogens (tertiary/aromatic N) is 2. The lowest BCUT2D eigenvalue weighted by atomic mass is 10.0. The number of ether oxygens (including phenoxy) is 2. The van der Waals surface area contributed by atoms with Crippen LogP contribution in [-0.4, -0.2) is 47.2 Å². The van der Waals surface area contributed by atoms with Gasteiger partial charge in [0.05, 0.1) is 35.8 Å². The second-order valence-electron chi connectivity index (χ2n) is 5.05. The molecule has 2 amide bonds. The van der Waals surface area contributed by atoms with E-state index >= 15 is 0 Å². The zero-order chi connectivity index (χ0) is 17.7. The summed E-state index contributed by atoms with van der Waals surface area (Å²) in [6.07, 6.45) is 2.73. The van der Waals surface area contributed by atoms with Crippen LogP contribution in [0, 0.1) is 6.92 Å². The molecular formula is C15H18N4O5. The van der Waals surface area contributed by atoms with E-state index in [1.165, 1.54) is 12.4 Å². The maximum absolute atomic E-state index is 12.0. The number of aromatic nitrogens is 2. The Morgan fingerprint density at radius 2 is 1.96 bits per heavy atom. The van der Waals surface area contributed by atoms with Crippen LogP contribution in [0.25, 0.3) is 0 Å². The summed E-state index contributed by atoms with van der Waals surface area (Å²) in [5, 5.41) is 5.02. The highest BCUT2D eigenvalue weighted by Crippen LogP contribution is 2.15. The molecule has 0 spiro atoms. The lowest BCUT2D eigenvalue weighted by Crippen LogP contribution is -2.50. The molecule has 1 atom stereocenters. The summed E-state index contributed by atoms with van der Waals surface area (Å²) in [5.41, 5.74) is 1.09. The molecule has 9 nitrogen and oxygen atoms in total. The third-order valence-corrected chi connectivity index (χ3v) is 3.20. The molecule has 0 unspecified atom stereocenters. The number of esters is 2. The van der Waals surface area contributed by atoms with Gasteiger partial charge in [0.2, 0.25) is 0 Å². The summed E-state index contributed by atoms with van der Waals surface area (Å²) >= 11 is 0. The maximum atomic E-state index is 12.0.